The minimum absolute atomic E-state index is 0.141. The maximum Gasteiger partial charge on any atom is 0.222 e. The Balaban J connectivity index is 1.31. The van der Waals surface area contributed by atoms with E-state index in [0.29, 0.717) is 65.1 Å². The lowest BCUT2D eigenvalue weighted by molar-refractivity contribution is -0.133. The minimum atomic E-state index is 0.141. The lowest BCUT2D eigenvalue weighted by atomic mass is 10.2. The van der Waals surface area contributed by atoms with Crippen molar-refractivity contribution in [1.82, 2.24) is 9.80 Å². The predicted molar refractivity (Wildman–Crippen MR) is 125 cm³/mol. The smallest absolute Gasteiger partial charge is 0.222 e. The van der Waals surface area contributed by atoms with Gasteiger partial charge in [-0.3, -0.25) is 9.59 Å². The topological polar surface area (TPSA) is 59.1 Å². The summed E-state index contributed by atoms with van der Waals surface area (Å²) < 4.78 is 11.5. The summed E-state index contributed by atoms with van der Waals surface area (Å²) in [7, 11) is 0. The zero-order valence-electron chi connectivity index (χ0n) is 19.0. The van der Waals surface area contributed by atoms with E-state index in [1.807, 2.05) is 71.3 Å². The average Bonchev–Trinajstić information content (AvgIpc) is 3.08. The molecule has 0 aliphatic carbocycles. The zero-order chi connectivity index (χ0) is 22.6. The Kier molecular flexibility index (Phi) is 9.41. The van der Waals surface area contributed by atoms with Crippen LogP contribution < -0.4 is 9.47 Å². The molecule has 0 N–H and O–H groups in total. The summed E-state index contributed by atoms with van der Waals surface area (Å²) in [5.74, 6) is 1.98. The highest BCUT2D eigenvalue weighted by molar-refractivity contribution is 5.77. The summed E-state index contributed by atoms with van der Waals surface area (Å²) in [5, 5.41) is 0. The Morgan fingerprint density at radius 3 is 1.94 bits per heavy atom. The van der Waals surface area contributed by atoms with E-state index in [2.05, 4.69) is 0 Å². The number of amides is 2. The van der Waals surface area contributed by atoms with Crippen molar-refractivity contribution in [3.8, 4) is 11.5 Å². The fourth-order valence-electron chi connectivity index (χ4n) is 3.79. The molecule has 1 heterocycles. The summed E-state index contributed by atoms with van der Waals surface area (Å²) >= 11 is 0. The van der Waals surface area contributed by atoms with Crippen LogP contribution in [0.25, 0.3) is 0 Å². The second-order valence-corrected chi connectivity index (χ2v) is 8.10. The van der Waals surface area contributed by atoms with Crippen LogP contribution in [0.2, 0.25) is 0 Å². The van der Waals surface area contributed by atoms with E-state index < -0.39 is 0 Å². The Hall–Kier alpha value is -3.02. The second kappa shape index (κ2) is 12.7. The standard InChI is InChI=1S/C26H34N2O4/c1-22-10-5-6-13-24(22)32-21-8-15-26(30)28-17-9-16-27(18-19-28)25(29)14-7-20-31-23-11-3-2-4-12-23/h2-6,10-13H,7-9,14-21H2,1H3. The van der Waals surface area contributed by atoms with E-state index in [0.717, 1.165) is 23.5 Å². The highest BCUT2D eigenvalue weighted by atomic mass is 16.5. The summed E-state index contributed by atoms with van der Waals surface area (Å²) in [6.07, 6.45) is 3.13. The first-order valence-electron chi connectivity index (χ1n) is 11.6. The highest BCUT2D eigenvalue weighted by Gasteiger charge is 2.21. The van der Waals surface area contributed by atoms with Gasteiger partial charge in [0.15, 0.2) is 0 Å². The van der Waals surface area contributed by atoms with Crippen LogP contribution >= 0.6 is 0 Å². The lowest BCUT2D eigenvalue weighted by Crippen LogP contribution is -2.37. The maximum atomic E-state index is 12.6. The van der Waals surface area contributed by atoms with Gasteiger partial charge < -0.3 is 19.3 Å². The van der Waals surface area contributed by atoms with Crippen LogP contribution in [-0.2, 0) is 9.59 Å². The van der Waals surface area contributed by atoms with Crippen molar-refractivity contribution >= 4 is 11.8 Å². The van der Waals surface area contributed by atoms with Crippen molar-refractivity contribution in [3.05, 3.63) is 60.2 Å². The predicted octanol–water partition coefficient (Wildman–Crippen LogP) is 4.07. The monoisotopic (exact) mass is 438 g/mol. The molecule has 1 saturated heterocycles. The molecular weight excluding hydrogens is 404 g/mol. The third kappa shape index (κ3) is 7.59. The van der Waals surface area contributed by atoms with Gasteiger partial charge in [-0.15, -0.1) is 0 Å². The molecule has 0 saturated carbocycles. The molecule has 6 nitrogen and oxygen atoms in total. The Bertz CT molecular complexity index is 856. The zero-order valence-corrected chi connectivity index (χ0v) is 19.0. The van der Waals surface area contributed by atoms with E-state index in [-0.39, 0.29) is 11.8 Å². The molecule has 0 atom stereocenters. The molecular formula is C26H34N2O4. The molecule has 6 heteroatoms. The average molecular weight is 439 g/mol. The van der Waals surface area contributed by atoms with Crippen LogP contribution in [0.3, 0.4) is 0 Å². The van der Waals surface area contributed by atoms with Crippen LogP contribution in [0.15, 0.2) is 54.6 Å². The lowest BCUT2D eigenvalue weighted by Gasteiger charge is -2.22. The van der Waals surface area contributed by atoms with E-state index in [4.69, 9.17) is 9.47 Å². The van der Waals surface area contributed by atoms with Crippen LogP contribution in [0.4, 0.5) is 0 Å². The molecule has 0 bridgehead atoms. The van der Waals surface area contributed by atoms with Gasteiger partial charge in [0.2, 0.25) is 11.8 Å². The van der Waals surface area contributed by atoms with E-state index in [9.17, 15) is 9.59 Å². The first-order valence-corrected chi connectivity index (χ1v) is 11.6. The number of nitrogens with zero attached hydrogens (tertiary/aromatic N) is 2. The molecule has 2 aromatic rings. The third-order valence-corrected chi connectivity index (χ3v) is 5.63. The minimum Gasteiger partial charge on any atom is -0.494 e. The normalized spacial score (nSPS) is 14.0. The summed E-state index contributed by atoms with van der Waals surface area (Å²) in [6, 6.07) is 17.5. The van der Waals surface area contributed by atoms with Crippen LogP contribution in [0, 0.1) is 6.92 Å². The molecule has 0 unspecified atom stereocenters. The summed E-state index contributed by atoms with van der Waals surface area (Å²) in [6.45, 7) is 5.68. The Labute approximate surface area is 191 Å². The second-order valence-electron chi connectivity index (χ2n) is 8.10. The number of benzene rings is 2. The fourth-order valence-corrected chi connectivity index (χ4v) is 3.79. The largest absolute Gasteiger partial charge is 0.494 e. The summed E-state index contributed by atoms with van der Waals surface area (Å²) in [4.78, 5) is 28.9. The van der Waals surface area contributed by atoms with Crippen LogP contribution in [0.5, 0.6) is 11.5 Å². The van der Waals surface area contributed by atoms with Gasteiger partial charge in [0, 0.05) is 39.0 Å². The fraction of sp³-hybridized carbons (Fsp3) is 0.462. The van der Waals surface area contributed by atoms with Crippen molar-refractivity contribution in [1.29, 1.82) is 0 Å². The first-order chi connectivity index (χ1) is 15.6. The number of carbonyl (C=O) groups excluding carboxylic acids is 2. The van der Waals surface area contributed by atoms with E-state index >= 15 is 0 Å². The molecule has 0 radical (unpaired) electrons. The summed E-state index contributed by atoms with van der Waals surface area (Å²) in [5.41, 5.74) is 1.10. The molecule has 2 amide bonds. The molecule has 1 aliphatic heterocycles. The van der Waals surface area contributed by atoms with Crippen molar-refractivity contribution in [2.75, 3.05) is 39.4 Å². The van der Waals surface area contributed by atoms with Gasteiger partial charge in [-0.1, -0.05) is 36.4 Å². The number of para-hydroxylation sites is 2. The quantitative estimate of drug-likeness (QED) is 0.525. The maximum absolute atomic E-state index is 12.6. The van der Waals surface area contributed by atoms with Gasteiger partial charge in [0.1, 0.15) is 11.5 Å². The SMILES string of the molecule is Cc1ccccc1OCCCC(=O)N1CCCN(C(=O)CCCOc2ccccc2)CC1. The molecule has 0 spiro atoms. The molecule has 0 aromatic heterocycles. The number of rotatable bonds is 10. The first kappa shape index (κ1) is 23.6. The van der Waals surface area contributed by atoms with Crippen molar-refractivity contribution in [2.24, 2.45) is 0 Å². The molecule has 32 heavy (non-hydrogen) atoms. The van der Waals surface area contributed by atoms with Gasteiger partial charge in [0.05, 0.1) is 13.2 Å². The molecule has 172 valence electrons. The molecule has 2 aromatic carbocycles. The number of carbonyl (C=O) groups is 2. The number of hydrogen-bond acceptors (Lipinski definition) is 4. The number of ether oxygens (including phenoxy) is 2. The van der Waals surface area contributed by atoms with Crippen LogP contribution in [0.1, 0.15) is 37.7 Å². The Morgan fingerprint density at radius 2 is 1.31 bits per heavy atom. The van der Waals surface area contributed by atoms with Gasteiger partial charge in [-0.2, -0.15) is 0 Å². The Morgan fingerprint density at radius 1 is 0.750 bits per heavy atom. The van der Waals surface area contributed by atoms with Crippen molar-refractivity contribution in [3.63, 3.8) is 0 Å². The number of hydrogen-bond donors (Lipinski definition) is 0. The van der Waals surface area contributed by atoms with Crippen molar-refractivity contribution < 1.29 is 19.1 Å². The number of aryl methyl sites for hydroxylation is 1. The molecule has 1 fully saturated rings. The molecule has 3 rings (SSSR count). The van der Waals surface area contributed by atoms with Crippen molar-refractivity contribution in [2.45, 2.75) is 39.0 Å². The van der Waals surface area contributed by atoms with Crippen LogP contribution in [-0.4, -0.2) is 61.0 Å². The van der Waals surface area contributed by atoms with Gasteiger partial charge in [-0.25, -0.2) is 0 Å². The van der Waals surface area contributed by atoms with Gasteiger partial charge in [0.25, 0.3) is 0 Å². The third-order valence-electron chi connectivity index (χ3n) is 5.63. The highest BCUT2D eigenvalue weighted by Crippen LogP contribution is 2.17. The van der Waals surface area contributed by atoms with Gasteiger partial charge >= 0.3 is 0 Å². The van der Waals surface area contributed by atoms with E-state index in [1.54, 1.807) is 0 Å². The molecule has 1 aliphatic rings. The van der Waals surface area contributed by atoms with E-state index in [1.165, 1.54) is 0 Å². The van der Waals surface area contributed by atoms with Gasteiger partial charge in [-0.05, 0) is 49.9 Å².